The van der Waals surface area contributed by atoms with E-state index in [-0.39, 0.29) is 0 Å². The van der Waals surface area contributed by atoms with Crippen molar-refractivity contribution in [3.8, 4) is 0 Å². The van der Waals surface area contributed by atoms with Gasteiger partial charge in [0.2, 0.25) is 0 Å². The van der Waals surface area contributed by atoms with E-state index in [9.17, 15) is 0 Å². The predicted molar refractivity (Wildman–Crippen MR) is 74.0 cm³/mol. The number of halogens is 1. The monoisotopic (exact) mass is 302 g/mol. The largest absolute Gasteiger partial charge is 0.313 e. The first-order valence-corrected chi connectivity index (χ1v) is 7.64. The first-order valence-electron chi connectivity index (χ1n) is 6.03. The first kappa shape index (κ1) is 12.6. The summed E-state index contributed by atoms with van der Waals surface area (Å²) < 4.78 is 1.22. The van der Waals surface area contributed by atoms with Gasteiger partial charge in [-0.25, -0.2) is 0 Å². The van der Waals surface area contributed by atoms with Gasteiger partial charge in [-0.1, -0.05) is 12.8 Å². The molecule has 0 radical (unpaired) electrons. The maximum absolute atomic E-state index is 3.60. The normalized spacial score (nSPS) is 17.1. The van der Waals surface area contributed by atoms with E-state index < -0.39 is 0 Å². The van der Waals surface area contributed by atoms with Gasteiger partial charge in [-0.05, 0) is 40.9 Å². The Morgan fingerprint density at radius 1 is 1.25 bits per heavy atom. The molecule has 1 heterocycles. The first-order chi connectivity index (χ1) is 7.84. The highest BCUT2D eigenvalue weighted by Crippen LogP contribution is 2.21. The third kappa shape index (κ3) is 4.17. The molecule has 0 amide bonds. The Bertz CT molecular complexity index is 308. The molecule has 1 saturated carbocycles. The zero-order valence-electron chi connectivity index (χ0n) is 9.47. The molecule has 2 rings (SSSR count). The van der Waals surface area contributed by atoms with Crippen LogP contribution in [0.3, 0.4) is 0 Å². The molecule has 0 bridgehead atoms. The summed E-state index contributed by atoms with van der Waals surface area (Å²) in [5.74, 6) is 0. The van der Waals surface area contributed by atoms with Crippen molar-refractivity contribution in [2.45, 2.75) is 38.3 Å². The molecular weight excluding hydrogens is 284 g/mol. The molecule has 2 N–H and O–H groups in total. The second-order valence-corrected chi connectivity index (χ2v) is 6.87. The van der Waals surface area contributed by atoms with Gasteiger partial charge in [0.25, 0.3) is 0 Å². The SMILES string of the molecule is Brc1ccc(CNCCNC2CCCC2)s1. The molecule has 0 unspecified atom stereocenters. The molecular formula is C12H19BrN2S. The molecule has 1 fully saturated rings. The Labute approximate surface area is 110 Å². The molecule has 90 valence electrons. The van der Waals surface area contributed by atoms with Crippen LogP contribution in [0, 0.1) is 0 Å². The molecule has 4 heteroatoms. The molecule has 1 aliphatic carbocycles. The standard InChI is InChI=1S/C12H19BrN2S/c13-12-6-5-11(16-12)9-14-7-8-15-10-3-1-2-4-10/h5-6,10,14-15H,1-4,7-9H2. The Morgan fingerprint density at radius 2 is 2.06 bits per heavy atom. The van der Waals surface area contributed by atoms with Crippen molar-refractivity contribution < 1.29 is 0 Å². The summed E-state index contributed by atoms with van der Waals surface area (Å²) >= 11 is 5.28. The van der Waals surface area contributed by atoms with Crippen LogP contribution < -0.4 is 10.6 Å². The van der Waals surface area contributed by atoms with E-state index >= 15 is 0 Å². The average molecular weight is 303 g/mol. The van der Waals surface area contributed by atoms with Gasteiger partial charge >= 0.3 is 0 Å². The number of nitrogens with one attached hydrogen (secondary N) is 2. The smallest absolute Gasteiger partial charge is 0.0701 e. The Balaban J connectivity index is 1.51. The van der Waals surface area contributed by atoms with Crippen molar-refractivity contribution in [1.29, 1.82) is 0 Å². The van der Waals surface area contributed by atoms with E-state index in [0.717, 1.165) is 25.7 Å². The van der Waals surface area contributed by atoms with Gasteiger partial charge in [-0.3, -0.25) is 0 Å². The molecule has 1 aromatic rings. The second-order valence-electron chi connectivity index (χ2n) is 4.32. The molecule has 0 aliphatic heterocycles. The molecule has 1 aliphatic rings. The van der Waals surface area contributed by atoms with E-state index in [4.69, 9.17) is 0 Å². The molecule has 16 heavy (non-hydrogen) atoms. The topological polar surface area (TPSA) is 24.1 Å². The number of rotatable bonds is 6. The van der Waals surface area contributed by atoms with E-state index in [1.165, 1.54) is 34.3 Å². The maximum atomic E-state index is 3.60. The number of thiophene rings is 1. The summed E-state index contributed by atoms with van der Waals surface area (Å²) in [6, 6.07) is 5.07. The summed E-state index contributed by atoms with van der Waals surface area (Å²) in [5, 5.41) is 7.07. The Morgan fingerprint density at radius 3 is 2.75 bits per heavy atom. The molecule has 1 aromatic heterocycles. The predicted octanol–water partition coefficient (Wildman–Crippen LogP) is 3.13. The fourth-order valence-corrected chi connectivity index (χ4v) is 3.61. The van der Waals surface area contributed by atoms with Gasteiger partial charge in [0.15, 0.2) is 0 Å². The van der Waals surface area contributed by atoms with Gasteiger partial charge in [-0.2, -0.15) is 0 Å². The highest BCUT2D eigenvalue weighted by Gasteiger charge is 2.12. The van der Waals surface area contributed by atoms with Crippen LogP contribution in [0.5, 0.6) is 0 Å². The lowest BCUT2D eigenvalue weighted by Crippen LogP contribution is -2.33. The second kappa shape index (κ2) is 6.74. The van der Waals surface area contributed by atoms with Crippen LogP contribution in [0.25, 0.3) is 0 Å². The number of hydrogen-bond acceptors (Lipinski definition) is 3. The van der Waals surface area contributed by atoms with Gasteiger partial charge in [0, 0.05) is 30.6 Å². The summed E-state index contributed by atoms with van der Waals surface area (Å²) in [7, 11) is 0. The minimum Gasteiger partial charge on any atom is -0.313 e. The van der Waals surface area contributed by atoms with Crippen molar-refractivity contribution in [3.05, 3.63) is 20.8 Å². The quantitative estimate of drug-likeness (QED) is 0.789. The summed E-state index contributed by atoms with van der Waals surface area (Å²) in [5.41, 5.74) is 0. The summed E-state index contributed by atoms with van der Waals surface area (Å²) in [4.78, 5) is 1.40. The van der Waals surface area contributed by atoms with Gasteiger partial charge < -0.3 is 10.6 Å². The highest BCUT2D eigenvalue weighted by atomic mass is 79.9. The van der Waals surface area contributed by atoms with Crippen molar-refractivity contribution in [2.24, 2.45) is 0 Å². The van der Waals surface area contributed by atoms with Crippen LogP contribution in [0.1, 0.15) is 30.6 Å². The van der Waals surface area contributed by atoms with Crippen molar-refractivity contribution in [3.63, 3.8) is 0 Å². The van der Waals surface area contributed by atoms with E-state index in [0.29, 0.717) is 0 Å². The maximum Gasteiger partial charge on any atom is 0.0701 e. The molecule has 0 spiro atoms. The Hall–Kier alpha value is 0.1000. The summed E-state index contributed by atoms with van der Waals surface area (Å²) in [6.45, 7) is 3.14. The van der Waals surface area contributed by atoms with Crippen LogP contribution >= 0.6 is 27.3 Å². The molecule has 0 aromatic carbocycles. The number of hydrogen-bond donors (Lipinski definition) is 2. The van der Waals surface area contributed by atoms with Crippen LogP contribution in [-0.4, -0.2) is 19.1 Å². The summed E-state index contributed by atoms with van der Waals surface area (Å²) in [6.07, 6.45) is 5.57. The lowest BCUT2D eigenvalue weighted by Gasteiger charge is -2.11. The van der Waals surface area contributed by atoms with Gasteiger partial charge in [0.05, 0.1) is 3.79 Å². The highest BCUT2D eigenvalue weighted by molar-refractivity contribution is 9.11. The van der Waals surface area contributed by atoms with Crippen molar-refractivity contribution >= 4 is 27.3 Å². The zero-order valence-corrected chi connectivity index (χ0v) is 11.9. The Kier molecular flexibility index (Phi) is 5.29. The van der Waals surface area contributed by atoms with E-state index in [1.54, 1.807) is 11.3 Å². The fourth-order valence-electron chi connectivity index (χ4n) is 2.15. The van der Waals surface area contributed by atoms with Crippen molar-refractivity contribution in [1.82, 2.24) is 10.6 Å². The minimum absolute atomic E-state index is 0.790. The van der Waals surface area contributed by atoms with E-state index in [2.05, 4.69) is 38.7 Å². The third-order valence-electron chi connectivity index (χ3n) is 3.02. The third-order valence-corrected chi connectivity index (χ3v) is 4.64. The molecule has 0 atom stereocenters. The molecule has 2 nitrogen and oxygen atoms in total. The zero-order chi connectivity index (χ0) is 11.2. The lowest BCUT2D eigenvalue weighted by molar-refractivity contribution is 0.509. The fraction of sp³-hybridized carbons (Fsp3) is 0.667. The average Bonchev–Trinajstić information content (AvgIpc) is 2.89. The van der Waals surface area contributed by atoms with Crippen LogP contribution in [0.15, 0.2) is 15.9 Å². The van der Waals surface area contributed by atoms with Gasteiger partial charge in [-0.15, -0.1) is 11.3 Å². The van der Waals surface area contributed by atoms with E-state index in [1.807, 2.05) is 0 Å². The van der Waals surface area contributed by atoms with Gasteiger partial charge in [0.1, 0.15) is 0 Å². The van der Waals surface area contributed by atoms with Crippen LogP contribution in [-0.2, 0) is 6.54 Å². The van der Waals surface area contributed by atoms with Crippen molar-refractivity contribution in [2.75, 3.05) is 13.1 Å². The van der Waals surface area contributed by atoms with Crippen LogP contribution in [0.2, 0.25) is 0 Å². The lowest BCUT2D eigenvalue weighted by atomic mass is 10.2. The van der Waals surface area contributed by atoms with Crippen LogP contribution in [0.4, 0.5) is 0 Å². The molecule has 0 saturated heterocycles. The minimum atomic E-state index is 0.790.